The first-order valence-corrected chi connectivity index (χ1v) is 8.69. The minimum atomic E-state index is -0.577. The first-order valence-electron chi connectivity index (χ1n) is 6.92. The van der Waals surface area contributed by atoms with E-state index in [1.807, 2.05) is 37.7 Å². The van der Waals surface area contributed by atoms with E-state index in [4.69, 9.17) is 5.73 Å². The summed E-state index contributed by atoms with van der Waals surface area (Å²) in [5.41, 5.74) is 4.89. The highest BCUT2D eigenvalue weighted by molar-refractivity contribution is 9.10. The number of rotatable bonds is 9. The number of hydrogen-bond donors (Lipinski definition) is 2. The maximum Gasteiger partial charge on any atom is 0.237 e. The summed E-state index contributed by atoms with van der Waals surface area (Å²) in [5, 5.41) is 3.19. The molecular formula is C15H23BrN2OS. The Hall–Kier alpha value is -0.520. The van der Waals surface area contributed by atoms with Crippen LogP contribution >= 0.6 is 27.7 Å². The number of nitrogens with one attached hydrogen (secondary N) is 1. The maximum atomic E-state index is 11.5. The number of amides is 1. The summed E-state index contributed by atoms with van der Waals surface area (Å²) in [6, 6.07) is 8.23. The molecule has 1 aromatic carbocycles. The zero-order valence-electron chi connectivity index (χ0n) is 12.1. The standard InChI is InChI=1S/C15H23BrN2OS/c1-3-18-15(2,14(17)19)10-6-7-11-20-13-9-5-4-8-12(13)16/h4-5,8-9,18H,3,6-7,10-11H2,1-2H3,(H2,17,19). The van der Waals surface area contributed by atoms with Crippen LogP contribution in [0.25, 0.3) is 0 Å². The van der Waals surface area contributed by atoms with Gasteiger partial charge in [-0.25, -0.2) is 0 Å². The number of halogens is 1. The van der Waals surface area contributed by atoms with Crippen molar-refractivity contribution in [2.24, 2.45) is 5.73 Å². The zero-order chi connectivity index (χ0) is 15.0. The van der Waals surface area contributed by atoms with Gasteiger partial charge in [-0.3, -0.25) is 4.79 Å². The van der Waals surface area contributed by atoms with E-state index in [9.17, 15) is 4.79 Å². The molecule has 0 aliphatic carbocycles. The molecule has 5 heteroatoms. The van der Waals surface area contributed by atoms with E-state index in [1.165, 1.54) is 4.90 Å². The topological polar surface area (TPSA) is 55.1 Å². The molecule has 0 bridgehead atoms. The maximum absolute atomic E-state index is 11.5. The van der Waals surface area contributed by atoms with E-state index in [0.29, 0.717) is 0 Å². The van der Waals surface area contributed by atoms with Crippen molar-refractivity contribution in [1.82, 2.24) is 5.32 Å². The molecule has 0 aromatic heterocycles. The number of primary amides is 1. The van der Waals surface area contributed by atoms with Gasteiger partial charge in [0.25, 0.3) is 0 Å². The van der Waals surface area contributed by atoms with Crippen LogP contribution in [0, 0.1) is 0 Å². The lowest BCUT2D eigenvalue weighted by Crippen LogP contribution is -2.52. The summed E-state index contributed by atoms with van der Waals surface area (Å²) in [5.74, 6) is 0.779. The Morgan fingerprint density at radius 2 is 2.10 bits per heavy atom. The van der Waals surface area contributed by atoms with Gasteiger partial charge in [0.1, 0.15) is 0 Å². The molecule has 112 valence electrons. The molecule has 3 N–H and O–H groups in total. The van der Waals surface area contributed by atoms with Crippen molar-refractivity contribution < 1.29 is 4.79 Å². The highest BCUT2D eigenvalue weighted by Crippen LogP contribution is 2.28. The van der Waals surface area contributed by atoms with Crippen LogP contribution in [0.2, 0.25) is 0 Å². The van der Waals surface area contributed by atoms with E-state index in [1.54, 1.807) is 0 Å². The van der Waals surface area contributed by atoms with E-state index < -0.39 is 5.54 Å². The molecule has 3 nitrogen and oxygen atoms in total. The smallest absolute Gasteiger partial charge is 0.237 e. The van der Waals surface area contributed by atoms with E-state index in [-0.39, 0.29) is 5.91 Å². The molecule has 0 spiro atoms. The monoisotopic (exact) mass is 358 g/mol. The third-order valence-electron chi connectivity index (χ3n) is 3.28. The number of carbonyl (C=O) groups is 1. The van der Waals surface area contributed by atoms with Crippen LogP contribution in [0.5, 0.6) is 0 Å². The summed E-state index contributed by atoms with van der Waals surface area (Å²) in [7, 11) is 0. The van der Waals surface area contributed by atoms with Gasteiger partial charge >= 0.3 is 0 Å². The fourth-order valence-electron chi connectivity index (χ4n) is 2.01. The van der Waals surface area contributed by atoms with Gasteiger partial charge in [-0.2, -0.15) is 0 Å². The van der Waals surface area contributed by atoms with Crippen LogP contribution in [-0.2, 0) is 4.79 Å². The molecule has 1 amide bonds. The normalized spacial score (nSPS) is 13.9. The largest absolute Gasteiger partial charge is 0.368 e. The van der Waals surface area contributed by atoms with Crippen LogP contribution in [0.4, 0.5) is 0 Å². The van der Waals surface area contributed by atoms with Gasteiger partial charge in [0.2, 0.25) is 5.91 Å². The van der Waals surface area contributed by atoms with Gasteiger partial charge < -0.3 is 11.1 Å². The van der Waals surface area contributed by atoms with Gasteiger partial charge in [0.05, 0.1) is 5.54 Å². The number of nitrogens with two attached hydrogens (primary N) is 1. The van der Waals surface area contributed by atoms with Gasteiger partial charge in [-0.05, 0) is 60.1 Å². The molecule has 1 atom stereocenters. The summed E-state index contributed by atoms with van der Waals surface area (Å²) in [4.78, 5) is 12.8. The van der Waals surface area contributed by atoms with Crippen LogP contribution in [0.1, 0.15) is 33.1 Å². The number of thioether (sulfide) groups is 1. The van der Waals surface area contributed by atoms with Crippen LogP contribution < -0.4 is 11.1 Å². The van der Waals surface area contributed by atoms with Gasteiger partial charge in [-0.1, -0.05) is 25.5 Å². The van der Waals surface area contributed by atoms with Gasteiger partial charge in [0, 0.05) is 9.37 Å². The number of carbonyl (C=O) groups excluding carboxylic acids is 1. The average molecular weight is 359 g/mol. The van der Waals surface area contributed by atoms with Crippen molar-refractivity contribution in [3.8, 4) is 0 Å². The van der Waals surface area contributed by atoms with Crippen molar-refractivity contribution in [2.45, 2.75) is 43.5 Å². The summed E-state index contributed by atoms with van der Waals surface area (Å²) < 4.78 is 1.14. The Labute approximate surface area is 134 Å². The molecule has 0 aliphatic heterocycles. The van der Waals surface area contributed by atoms with E-state index >= 15 is 0 Å². The van der Waals surface area contributed by atoms with Gasteiger partial charge in [-0.15, -0.1) is 11.8 Å². The second-order valence-electron chi connectivity index (χ2n) is 4.96. The Kier molecular flexibility index (Phi) is 7.62. The summed E-state index contributed by atoms with van der Waals surface area (Å²) in [6.07, 6.45) is 2.84. The van der Waals surface area contributed by atoms with Crippen LogP contribution in [0.15, 0.2) is 33.6 Å². The molecule has 1 aromatic rings. The first-order chi connectivity index (χ1) is 9.49. The van der Waals surface area contributed by atoms with Gasteiger partial charge in [0.15, 0.2) is 0 Å². The molecule has 0 radical (unpaired) electrons. The van der Waals surface area contributed by atoms with Crippen molar-refractivity contribution in [3.05, 3.63) is 28.7 Å². The fourth-order valence-corrected chi connectivity index (χ4v) is 3.59. The van der Waals surface area contributed by atoms with Crippen molar-refractivity contribution in [2.75, 3.05) is 12.3 Å². The molecule has 1 rings (SSSR count). The van der Waals surface area contributed by atoms with E-state index in [2.05, 4.69) is 33.4 Å². The lowest BCUT2D eigenvalue weighted by atomic mass is 9.94. The highest BCUT2D eigenvalue weighted by Gasteiger charge is 2.28. The number of hydrogen-bond acceptors (Lipinski definition) is 3. The second kappa shape index (κ2) is 8.70. The molecule has 20 heavy (non-hydrogen) atoms. The Bertz CT molecular complexity index is 442. The number of benzene rings is 1. The first kappa shape index (κ1) is 17.5. The Morgan fingerprint density at radius 1 is 1.40 bits per heavy atom. The summed E-state index contributed by atoms with van der Waals surface area (Å²) >= 11 is 5.38. The third-order valence-corrected chi connectivity index (χ3v) is 5.39. The third kappa shape index (κ3) is 5.46. The highest BCUT2D eigenvalue weighted by atomic mass is 79.9. The lowest BCUT2D eigenvalue weighted by Gasteiger charge is -2.26. The quantitative estimate of drug-likeness (QED) is 0.524. The zero-order valence-corrected chi connectivity index (χ0v) is 14.5. The summed E-state index contributed by atoms with van der Waals surface area (Å²) in [6.45, 7) is 4.63. The molecule has 0 saturated heterocycles. The second-order valence-corrected chi connectivity index (χ2v) is 6.95. The van der Waals surface area contributed by atoms with Crippen LogP contribution in [-0.4, -0.2) is 23.7 Å². The minimum absolute atomic E-state index is 0.266. The van der Waals surface area contributed by atoms with Crippen molar-refractivity contribution in [3.63, 3.8) is 0 Å². The Morgan fingerprint density at radius 3 is 2.70 bits per heavy atom. The number of likely N-dealkylation sites (N-methyl/N-ethyl adjacent to an activating group) is 1. The SMILES string of the molecule is CCNC(C)(CCCCSc1ccccc1Br)C(N)=O. The number of unbranched alkanes of at least 4 members (excludes halogenated alkanes) is 1. The minimum Gasteiger partial charge on any atom is -0.368 e. The molecule has 0 heterocycles. The van der Waals surface area contributed by atoms with E-state index in [0.717, 1.165) is 36.0 Å². The van der Waals surface area contributed by atoms with Crippen molar-refractivity contribution >= 4 is 33.6 Å². The molecule has 0 aliphatic rings. The predicted molar refractivity (Wildman–Crippen MR) is 90.0 cm³/mol. The van der Waals surface area contributed by atoms with Crippen molar-refractivity contribution in [1.29, 1.82) is 0 Å². The van der Waals surface area contributed by atoms with Crippen LogP contribution in [0.3, 0.4) is 0 Å². The lowest BCUT2D eigenvalue weighted by molar-refractivity contribution is -0.124. The fraction of sp³-hybridized carbons (Fsp3) is 0.533. The predicted octanol–water partition coefficient (Wildman–Crippen LogP) is 3.57. The molecule has 0 saturated carbocycles. The molecule has 1 unspecified atom stereocenters. The average Bonchev–Trinajstić information content (AvgIpc) is 2.40. The molecular weight excluding hydrogens is 336 g/mol. The molecule has 0 fully saturated rings. The Balaban J connectivity index is 2.31.